The van der Waals surface area contributed by atoms with E-state index in [0.29, 0.717) is 17.1 Å². The second kappa shape index (κ2) is 9.78. The number of esters is 1. The number of carbonyl (C=O) groups is 2. The normalized spacial score (nSPS) is 15.4. The molecule has 2 aromatic rings. The van der Waals surface area contributed by atoms with Crippen LogP contribution in [0.15, 0.2) is 48.5 Å². The predicted octanol–water partition coefficient (Wildman–Crippen LogP) is 3.45. The third-order valence-corrected chi connectivity index (χ3v) is 4.89. The fraction of sp³-hybridized carbons (Fsp3) is 0.304. The topological polar surface area (TPSA) is 73.9 Å². The third-order valence-electron chi connectivity index (χ3n) is 4.89. The molecule has 0 heterocycles. The van der Waals surface area contributed by atoms with E-state index in [2.05, 4.69) is 11.4 Å². The zero-order valence-electron chi connectivity index (χ0n) is 16.6. The van der Waals surface area contributed by atoms with Crippen LogP contribution in [-0.2, 0) is 20.7 Å². The maximum atomic E-state index is 12.2. The SMILES string of the molecule is COc1ccc(/C=C/C(=O)OCC(=O)N[C@H]2CCCc3ccccc32)c(OC)c1. The average molecular weight is 395 g/mol. The summed E-state index contributed by atoms with van der Waals surface area (Å²) in [6.45, 7) is -0.318. The average Bonchev–Trinajstić information content (AvgIpc) is 2.76. The largest absolute Gasteiger partial charge is 0.497 e. The van der Waals surface area contributed by atoms with E-state index < -0.39 is 5.97 Å². The molecule has 1 aliphatic rings. The number of benzene rings is 2. The second-order valence-electron chi connectivity index (χ2n) is 6.76. The number of hydrogen-bond donors (Lipinski definition) is 1. The molecule has 0 aromatic heterocycles. The molecule has 0 unspecified atom stereocenters. The first-order valence-electron chi connectivity index (χ1n) is 9.54. The molecule has 2 aromatic carbocycles. The molecule has 6 heteroatoms. The van der Waals surface area contributed by atoms with Gasteiger partial charge in [0.25, 0.3) is 5.91 Å². The van der Waals surface area contributed by atoms with Crippen LogP contribution in [0.5, 0.6) is 11.5 Å². The maximum absolute atomic E-state index is 12.2. The summed E-state index contributed by atoms with van der Waals surface area (Å²) in [5, 5.41) is 2.96. The predicted molar refractivity (Wildman–Crippen MR) is 110 cm³/mol. The Kier molecular flexibility index (Phi) is 6.89. The number of methoxy groups -OCH3 is 2. The summed E-state index contributed by atoms with van der Waals surface area (Å²) in [6.07, 6.45) is 5.78. The molecule has 0 radical (unpaired) electrons. The Balaban J connectivity index is 1.52. The van der Waals surface area contributed by atoms with Gasteiger partial charge in [0.15, 0.2) is 6.61 Å². The second-order valence-corrected chi connectivity index (χ2v) is 6.76. The standard InChI is InChI=1S/C23H25NO5/c1-27-18-12-10-17(21(14-18)28-2)11-13-23(26)29-15-22(25)24-20-9-5-7-16-6-3-4-8-19(16)20/h3-4,6,8,10-14,20H,5,7,9,15H2,1-2H3,(H,24,25)/b13-11+/t20-/m0/s1. The fourth-order valence-corrected chi connectivity index (χ4v) is 3.44. The Hall–Kier alpha value is -3.28. The number of hydrogen-bond acceptors (Lipinski definition) is 5. The van der Waals surface area contributed by atoms with Crippen LogP contribution < -0.4 is 14.8 Å². The lowest BCUT2D eigenvalue weighted by Gasteiger charge is -2.26. The Morgan fingerprint density at radius 2 is 1.97 bits per heavy atom. The van der Waals surface area contributed by atoms with Crippen LogP contribution in [0.3, 0.4) is 0 Å². The summed E-state index contributed by atoms with van der Waals surface area (Å²) in [6, 6.07) is 13.3. The van der Waals surface area contributed by atoms with Gasteiger partial charge in [0.05, 0.1) is 20.3 Å². The zero-order chi connectivity index (χ0) is 20.6. The molecule has 0 bridgehead atoms. The smallest absolute Gasteiger partial charge is 0.331 e. The minimum atomic E-state index is -0.595. The Morgan fingerprint density at radius 3 is 2.76 bits per heavy atom. The lowest BCUT2D eigenvalue weighted by molar-refractivity contribution is -0.144. The lowest BCUT2D eigenvalue weighted by Crippen LogP contribution is -2.34. The minimum Gasteiger partial charge on any atom is -0.497 e. The molecule has 1 amide bonds. The van der Waals surface area contributed by atoms with Crippen LogP contribution in [0.1, 0.15) is 35.6 Å². The van der Waals surface area contributed by atoms with Gasteiger partial charge in [0.1, 0.15) is 11.5 Å². The zero-order valence-corrected chi connectivity index (χ0v) is 16.6. The van der Waals surface area contributed by atoms with E-state index in [-0.39, 0.29) is 18.6 Å². The summed E-state index contributed by atoms with van der Waals surface area (Å²) in [5.41, 5.74) is 3.11. The molecule has 1 aliphatic carbocycles. The first-order valence-corrected chi connectivity index (χ1v) is 9.54. The summed E-state index contributed by atoms with van der Waals surface area (Å²) in [5.74, 6) is 0.321. The number of ether oxygens (including phenoxy) is 3. The lowest BCUT2D eigenvalue weighted by atomic mass is 9.88. The molecule has 0 saturated heterocycles. The highest BCUT2D eigenvalue weighted by Gasteiger charge is 2.21. The van der Waals surface area contributed by atoms with Gasteiger partial charge in [-0.1, -0.05) is 24.3 Å². The molecule has 152 valence electrons. The number of amides is 1. The molecule has 0 fully saturated rings. The maximum Gasteiger partial charge on any atom is 0.331 e. The van der Waals surface area contributed by atoms with Gasteiger partial charge >= 0.3 is 5.97 Å². The number of fused-ring (bicyclic) bond motifs is 1. The summed E-state index contributed by atoms with van der Waals surface area (Å²) in [4.78, 5) is 24.2. The van der Waals surface area contributed by atoms with E-state index >= 15 is 0 Å². The van der Waals surface area contributed by atoms with Crippen molar-refractivity contribution in [2.45, 2.75) is 25.3 Å². The molecular formula is C23H25NO5. The van der Waals surface area contributed by atoms with Crippen LogP contribution in [0.4, 0.5) is 0 Å². The molecule has 29 heavy (non-hydrogen) atoms. The highest BCUT2D eigenvalue weighted by molar-refractivity contribution is 5.89. The van der Waals surface area contributed by atoms with Crippen molar-refractivity contribution in [3.63, 3.8) is 0 Å². The summed E-state index contributed by atoms with van der Waals surface area (Å²) < 4.78 is 15.5. The number of rotatable bonds is 7. The molecule has 6 nitrogen and oxygen atoms in total. The Labute approximate surface area is 170 Å². The van der Waals surface area contributed by atoms with Crippen LogP contribution in [0.2, 0.25) is 0 Å². The van der Waals surface area contributed by atoms with E-state index in [1.807, 2.05) is 18.2 Å². The van der Waals surface area contributed by atoms with Gasteiger partial charge in [-0.3, -0.25) is 4.79 Å². The number of carbonyl (C=O) groups excluding carboxylic acids is 2. The van der Waals surface area contributed by atoms with Gasteiger partial charge < -0.3 is 19.5 Å². The van der Waals surface area contributed by atoms with E-state index in [1.54, 1.807) is 31.4 Å². The van der Waals surface area contributed by atoms with Crippen LogP contribution >= 0.6 is 0 Å². The molecule has 3 rings (SSSR count). The van der Waals surface area contributed by atoms with Crippen molar-refractivity contribution in [1.29, 1.82) is 0 Å². The van der Waals surface area contributed by atoms with Gasteiger partial charge in [-0.25, -0.2) is 4.79 Å². The minimum absolute atomic E-state index is 0.0368. The van der Waals surface area contributed by atoms with Crippen LogP contribution in [0.25, 0.3) is 6.08 Å². The van der Waals surface area contributed by atoms with Crippen LogP contribution in [-0.4, -0.2) is 32.7 Å². The van der Waals surface area contributed by atoms with Gasteiger partial charge in [-0.15, -0.1) is 0 Å². The number of aryl methyl sites for hydroxylation is 1. The quantitative estimate of drug-likeness (QED) is 0.574. The van der Waals surface area contributed by atoms with Gasteiger partial charge in [0, 0.05) is 17.7 Å². The molecule has 1 N–H and O–H groups in total. The molecule has 0 spiro atoms. The van der Waals surface area contributed by atoms with Crippen molar-refractivity contribution in [2.24, 2.45) is 0 Å². The van der Waals surface area contributed by atoms with Gasteiger partial charge in [-0.2, -0.15) is 0 Å². The van der Waals surface area contributed by atoms with Crippen molar-refractivity contribution in [1.82, 2.24) is 5.32 Å². The Bertz CT molecular complexity index is 906. The molecule has 0 saturated carbocycles. The van der Waals surface area contributed by atoms with Crippen molar-refractivity contribution >= 4 is 18.0 Å². The van der Waals surface area contributed by atoms with E-state index in [9.17, 15) is 9.59 Å². The highest BCUT2D eigenvalue weighted by atomic mass is 16.5. The molecule has 0 aliphatic heterocycles. The summed E-state index contributed by atoms with van der Waals surface area (Å²) >= 11 is 0. The van der Waals surface area contributed by atoms with Crippen molar-refractivity contribution in [3.05, 3.63) is 65.2 Å². The van der Waals surface area contributed by atoms with Crippen molar-refractivity contribution in [3.8, 4) is 11.5 Å². The molecular weight excluding hydrogens is 370 g/mol. The number of nitrogens with one attached hydrogen (secondary N) is 1. The van der Waals surface area contributed by atoms with Gasteiger partial charge in [-0.05, 0) is 48.6 Å². The van der Waals surface area contributed by atoms with E-state index in [4.69, 9.17) is 14.2 Å². The van der Waals surface area contributed by atoms with Gasteiger partial charge in [0.2, 0.25) is 0 Å². The summed E-state index contributed by atoms with van der Waals surface area (Å²) in [7, 11) is 3.11. The highest BCUT2D eigenvalue weighted by Crippen LogP contribution is 2.29. The Morgan fingerprint density at radius 1 is 1.14 bits per heavy atom. The first kappa shape index (κ1) is 20.5. The van der Waals surface area contributed by atoms with Crippen molar-refractivity contribution in [2.75, 3.05) is 20.8 Å². The van der Waals surface area contributed by atoms with Crippen molar-refractivity contribution < 1.29 is 23.8 Å². The molecule has 1 atom stereocenters. The van der Waals surface area contributed by atoms with Crippen LogP contribution in [0, 0.1) is 0 Å². The fourth-order valence-electron chi connectivity index (χ4n) is 3.44. The van der Waals surface area contributed by atoms with E-state index in [0.717, 1.165) is 24.8 Å². The van der Waals surface area contributed by atoms with E-state index in [1.165, 1.54) is 18.7 Å². The first-order chi connectivity index (χ1) is 14.1. The monoisotopic (exact) mass is 395 g/mol. The third kappa shape index (κ3) is 5.38.